The van der Waals surface area contributed by atoms with Crippen LogP contribution in [0.1, 0.15) is 24.5 Å². The van der Waals surface area contributed by atoms with E-state index in [-0.39, 0.29) is 17.0 Å². The highest BCUT2D eigenvalue weighted by molar-refractivity contribution is 5.83. The molecule has 2 bridgehead atoms. The molecule has 5 N–H and O–H groups in total. The monoisotopic (exact) mass is 360 g/mol. The Morgan fingerprint density at radius 3 is 2.81 bits per heavy atom. The lowest BCUT2D eigenvalue weighted by atomic mass is 9.73. The molecule has 6 nitrogen and oxygen atoms in total. The molecule has 1 unspecified atom stereocenters. The number of aliphatic hydroxyl groups excluding tert-OH is 1. The fourth-order valence-electron chi connectivity index (χ4n) is 4.44. The van der Waals surface area contributed by atoms with Gasteiger partial charge in [0.15, 0.2) is 0 Å². The third kappa shape index (κ3) is 3.33. The predicted octanol–water partition coefficient (Wildman–Crippen LogP) is 1.52. The summed E-state index contributed by atoms with van der Waals surface area (Å²) in [6.07, 6.45) is 5.62. The Morgan fingerprint density at radius 2 is 2.15 bits per heavy atom. The minimum Gasteiger partial charge on any atom is -0.497 e. The molecule has 5 atom stereocenters. The van der Waals surface area contributed by atoms with Crippen molar-refractivity contribution in [2.45, 2.75) is 25.0 Å². The lowest BCUT2D eigenvalue weighted by Gasteiger charge is -2.50. The molecule has 0 amide bonds. The van der Waals surface area contributed by atoms with Crippen LogP contribution in [-0.4, -0.2) is 52.2 Å². The quantitative estimate of drug-likeness (QED) is 0.834. The van der Waals surface area contributed by atoms with Crippen molar-refractivity contribution in [3.05, 3.63) is 48.7 Å². The third-order valence-electron chi connectivity index (χ3n) is 5.82. The van der Waals surface area contributed by atoms with E-state index in [0.29, 0.717) is 11.8 Å². The van der Waals surface area contributed by atoms with Crippen molar-refractivity contribution in [3.8, 4) is 5.75 Å². The number of rotatable bonds is 4. The summed E-state index contributed by atoms with van der Waals surface area (Å²) in [5, 5.41) is 12.1. The van der Waals surface area contributed by atoms with Gasteiger partial charge in [0.25, 0.3) is 0 Å². The topological polar surface area (TPSA) is 109 Å². The Morgan fingerprint density at radius 1 is 1.35 bits per heavy atom. The second-order valence-electron chi connectivity index (χ2n) is 6.97. The van der Waals surface area contributed by atoms with E-state index in [9.17, 15) is 5.11 Å². The summed E-state index contributed by atoms with van der Waals surface area (Å²) in [7, 11) is 1.66. The molecule has 6 heteroatoms. The van der Waals surface area contributed by atoms with Crippen LogP contribution in [0.15, 0.2) is 43.1 Å². The van der Waals surface area contributed by atoms with Gasteiger partial charge >= 0.3 is 0 Å². The predicted molar refractivity (Wildman–Crippen MR) is 102 cm³/mol. The fourth-order valence-corrected chi connectivity index (χ4v) is 4.44. The maximum Gasteiger partial charge on any atom is 0.119 e. The number of benzene rings is 1. The number of hydrogen-bond acceptors (Lipinski definition) is 4. The van der Waals surface area contributed by atoms with E-state index in [0.717, 1.165) is 41.7 Å². The SMILES string of the molecule is C=C[C@H]1CN2CC[C@H]1C[C@@H]2[C@@H](O)c1ccnc2ccc(OC)cc12.O.O. The van der Waals surface area contributed by atoms with Crippen LogP contribution in [0.3, 0.4) is 0 Å². The summed E-state index contributed by atoms with van der Waals surface area (Å²) in [6, 6.07) is 7.96. The molecule has 3 fully saturated rings. The smallest absolute Gasteiger partial charge is 0.119 e. The molecule has 1 aromatic heterocycles. The molecule has 26 heavy (non-hydrogen) atoms. The standard InChI is InChI=1S/C20H24N2O2.2H2O/c1-3-13-12-22-9-7-14(13)10-19(22)20(23)16-6-8-21-18-5-4-15(24-2)11-17(16)18;;/h3-6,8,11,13-14,19-20,23H,1,7,9-10,12H2,2H3;2*1H2/t13-,14-,19+,20-;;/m0../s1. The minimum atomic E-state index is -0.504. The van der Waals surface area contributed by atoms with Crippen molar-refractivity contribution in [1.29, 1.82) is 0 Å². The average molecular weight is 360 g/mol. The van der Waals surface area contributed by atoms with Crippen molar-refractivity contribution in [3.63, 3.8) is 0 Å². The zero-order chi connectivity index (χ0) is 16.7. The molecule has 142 valence electrons. The van der Waals surface area contributed by atoms with Crippen molar-refractivity contribution in [2.24, 2.45) is 11.8 Å². The minimum absolute atomic E-state index is 0. The Hall–Kier alpha value is -1.99. The first kappa shape index (κ1) is 20.3. The van der Waals surface area contributed by atoms with Crippen molar-refractivity contribution >= 4 is 10.9 Å². The van der Waals surface area contributed by atoms with Crippen LogP contribution in [-0.2, 0) is 0 Å². The highest BCUT2D eigenvalue weighted by atomic mass is 16.5. The van der Waals surface area contributed by atoms with Gasteiger partial charge in [0, 0.05) is 24.2 Å². The number of nitrogens with zero attached hydrogens (tertiary/aromatic N) is 2. The van der Waals surface area contributed by atoms with Crippen LogP contribution >= 0.6 is 0 Å². The summed E-state index contributed by atoms with van der Waals surface area (Å²) in [5.41, 5.74) is 1.85. The number of hydrogen-bond donors (Lipinski definition) is 1. The summed E-state index contributed by atoms with van der Waals surface area (Å²) in [6.45, 7) is 6.07. The molecule has 3 saturated heterocycles. The van der Waals surface area contributed by atoms with Gasteiger partial charge in [-0.15, -0.1) is 6.58 Å². The van der Waals surface area contributed by atoms with E-state index in [4.69, 9.17) is 4.74 Å². The molecular weight excluding hydrogens is 332 g/mol. The Balaban J connectivity index is 0.00000121. The molecule has 2 aromatic rings. The zero-order valence-corrected chi connectivity index (χ0v) is 15.1. The molecule has 4 heterocycles. The van der Waals surface area contributed by atoms with Crippen LogP contribution in [0.2, 0.25) is 0 Å². The van der Waals surface area contributed by atoms with E-state index in [1.165, 1.54) is 6.42 Å². The molecule has 0 aliphatic carbocycles. The molecule has 0 radical (unpaired) electrons. The van der Waals surface area contributed by atoms with Crippen molar-refractivity contribution in [2.75, 3.05) is 20.2 Å². The van der Waals surface area contributed by atoms with Gasteiger partial charge in [-0.05, 0) is 61.1 Å². The first-order chi connectivity index (χ1) is 11.7. The van der Waals surface area contributed by atoms with Gasteiger partial charge < -0.3 is 20.8 Å². The van der Waals surface area contributed by atoms with Gasteiger partial charge in [-0.2, -0.15) is 0 Å². The van der Waals surface area contributed by atoms with Gasteiger partial charge in [0.05, 0.1) is 18.7 Å². The number of aliphatic hydroxyl groups is 1. The summed E-state index contributed by atoms with van der Waals surface area (Å²) < 4.78 is 5.35. The molecule has 0 saturated carbocycles. The van der Waals surface area contributed by atoms with Crippen LogP contribution in [0.4, 0.5) is 0 Å². The molecule has 1 aromatic carbocycles. The van der Waals surface area contributed by atoms with Crippen molar-refractivity contribution < 1.29 is 20.8 Å². The number of ether oxygens (including phenoxy) is 1. The summed E-state index contributed by atoms with van der Waals surface area (Å²) in [4.78, 5) is 6.86. The Kier molecular flexibility index (Phi) is 6.36. The second kappa shape index (κ2) is 8.14. The Labute approximate surface area is 153 Å². The third-order valence-corrected chi connectivity index (χ3v) is 5.82. The van der Waals surface area contributed by atoms with E-state index in [1.807, 2.05) is 24.3 Å². The maximum absolute atomic E-state index is 11.2. The number of methoxy groups -OCH3 is 1. The van der Waals surface area contributed by atoms with E-state index < -0.39 is 6.10 Å². The van der Waals surface area contributed by atoms with Crippen LogP contribution in [0.25, 0.3) is 10.9 Å². The van der Waals surface area contributed by atoms with Gasteiger partial charge in [0.1, 0.15) is 5.75 Å². The van der Waals surface area contributed by atoms with E-state index >= 15 is 0 Å². The lowest BCUT2D eigenvalue weighted by Crippen LogP contribution is -2.54. The first-order valence-corrected chi connectivity index (χ1v) is 8.68. The zero-order valence-electron chi connectivity index (χ0n) is 15.1. The van der Waals surface area contributed by atoms with E-state index in [1.54, 1.807) is 13.3 Å². The number of piperidine rings is 3. The molecule has 5 rings (SSSR count). The van der Waals surface area contributed by atoms with Gasteiger partial charge in [-0.25, -0.2) is 0 Å². The van der Waals surface area contributed by atoms with E-state index in [2.05, 4.69) is 22.5 Å². The number of fused-ring (bicyclic) bond motifs is 4. The Bertz CT molecular complexity index is 767. The van der Waals surface area contributed by atoms with Crippen LogP contribution < -0.4 is 4.74 Å². The molecular formula is C20H28N2O4. The van der Waals surface area contributed by atoms with Crippen LogP contribution in [0.5, 0.6) is 5.75 Å². The highest BCUT2D eigenvalue weighted by Gasteiger charge is 2.42. The second-order valence-corrected chi connectivity index (χ2v) is 6.97. The number of aromatic nitrogens is 1. The van der Waals surface area contributed by atoms with Gasteiger partial charge in [-0.1, -0.05) is 6.08 Å². The normalized spacial score (nSPS) is 27.9. The molecule has 3 aliphatic heterocycles. The van der Waals surface area contributed by atoms with Crippen LogP contribution in [0, 0.1) is 11.8 Å². The highest BCUT2D eigenvalue weighted by Crippen LogP contribution is 2.42. The largest absolute Gasteiger partial charge is 0.497 e. The van der Waals surface area contributed by atoms with Gasteiger partial charge in [0.2, 0.25) is 0 Å². The fraction of sp³-hybridized carbons (Fsp3) is 0.450. The van der Waals surface area contributed by atoms with Gasteiger partial charge in [-0.3, -0.25) is 9.88 Å². The first-order valence-electron chi connectivity index (χ1n) is 8.68. The summed E-state index contributed by atoms with van der Waals surface area (Å²) in [5.74, 6) is 2.01. The lowest BCUT2D eigenvalue weighted by molar-refractivity contribution is -0.0444. The maximum atomic E-state index is 11.2. The number of pyridine rings is 1. The molecule has 0 spiro atoms. The van der Waals surface area contributed by atoms with Crippen molar-refractivity contribution in [1.82, 2.24) is 9.88 Å². The summed E-state index contributed by atoms with van der Waals surface area (Å²) >= 11 is 0. The molecule has 3 aliphatic rings. The average Bonchev–Trinajstić information content (AvgIpc) is 2.66.